The fourth-order valence-corrected chi connectivity index (χ4v) is 5.56. The van der Waals surface area contributed by atoms with Crippen molar-refractivity contribution in [1.29, 1.82) is 0 Å². The highest BCUT2D eigenvalue weighted by atomic mass is 79.9. The second-order valence-electron chi connectivity index (χ2n) is 6.66. The zero-order valence-corrected chi connectivity index (χ0v) is 14.9. The summed E-state index contributed by atoms with van der Waals surface area (Å²) in [7, 11) is 0. The van der Waals surface area contributed by atoms with Crippen LogP contribution in [0.15, 0.2) is 11.4 Å². The Labute approximate surface area is 139 Å². The monoisotopic (exact) mass is 369 g/mol. The number of fused-ring (bicyclic) bond motifs is 1. The third-order valence-electron chi connectivity index (χ3n) is 5.20. The Hall–Kier alpha value is -0.350. The molecule has 0 spiro atoms. The van der Waals surface area contributed by atoms with Crippen LogP contribution in [0.25, 0.3) is 0 Å². The van der Waals surface area contributed by atoms with Gasteiger partial charge in [0, 0.05) is 16.8 Å². The Kier molecular flexibility index (Phi) is 5.05. The van der Waals surface area contributed by atoms with Gasteiger partial charge in [-0.25, -0.2) is 0 Å². The number of halogens is 1. The van der Waals surface area contributed by atoms with E-state index in [2.05, 4.69) is 32.7 Å². The van der Waals surface area contributed by atoms with Crippen molar-refractivity contribution in [3.8, 4) is 0 Å². The number of thiophene rings is 1. The van der Waals surface area contributed by atoms with Crippen LogP contribution in [-0.4, -0.2) is 17.8 Å². The van der Waals surface area contributed by atoms with Gasteiger partial charge in [-0.05, 0) is 54.5 Å². The van der Waals surface area contributed by atoms with Crippen LogP contribution >= 0.6 is 27.3 Å². The molecule has 1 aromatic rings. The van der Waals surface area contributed by atoms with Crippen LogP contribution < -0.4 is 5.32 Å². The summed E-state index contributed by atoms with van der Waals surface area (Å²) in [5, 5.41) is 6.43. The zero-order chi connectivity index (χ0) is 14.7. The lowest BCUT2D eigenvalue weighted by Gasteiger charge is -2.36. The van der Waals surface area contributed by atoms with Crippen LogP contribution in [0.4, 0.5) is 0 Å². The Morgan fingerprint density at radius 1 is 1.33 bits per heavy atom. The molecular weight excluding hydrogens is 346 g/mol. The first-order valence-electron chi connectivity index (χ1n) is 8.14. The van der Waals surface area contributed by atoms with E-state index in [1.54, 1.807) is 0 Å². The lowest BCUT2D eigenvalue weighted by Crippen LogP contribution is -2.42. The highest BCUT2D eigenvalue weighted by molar-refractivity contribution is 9.09. The molecular formula is C17H24BrNOS. The number of hydrogen-bond acceptors (Lipinski definition) is 2. The predicted octanol–water partition coefficient (Wildman–Crippen LogP) is 4.63. The molecule has 116 valence electrons. The van der Waals surface area contributed by atoms with E-state index < -0.39 is 0 Å². The molecule has 2 aliphatic rings. The number of aryl methyl sites for hydroxylation is 1. The molecule has 1 unspecified atom stereocenters. The summed E-state index contributed by atoms with van der Waals surface area (Å²) >= 11 is 5.49. The number of nitrogens with one attached hydrogen (secondary N) is 1. The molecule has 0 bridgehead atoms. The number of hydrogen-bond donors (Lipinski definition) is 1. The second-order valence-corrected chi connectivity index (χ2v) is 8.22. The molecule has 0 aromatic carbocycles. The Balaban J connectivity index is 1.62. The number of alkyl halides is 1. The van der Waals surface area contributed by atoms with Crippen LogP contribution in [0.2, 0.25) is 0 Å². The minimum absolute atomic E-state index is 0.0935. The van der Waals surface area contributed by atoms with E-state index in [0.717, 1.165) is 31.1 Å². The van der Waals surface area contributed by atoms with E-state index in [-0.39, 0.29) is 11.8 Å². The first-order valence-corrected chi connectivity index (χ1v) is 10.1. The third-order valence-corrected chi connectivity index (χ3v) is 7.39. The van der Waals surface area contributed by atoms with Crippen molar-refractivity contribution in [2.75, 3.05) is 11.9 Å². The van der Waals surface area contributed by atoms with Crippen molar-refractivity contribution in [3.05, 3.63) is 21.9 Å². The van der Waals surface area contributed by atoms with Crippen LogP contribution in [0.1, 0.15) is 61.3 Å². The van der Waals surface area contributed by atoms with Gasteiger partial charge in [-0.3, -0.25) is 4.79 Å². The minimum Gasteiger partial charge on any atom is -0.355 e. The first-order chi connectivity index (χ1) is 10.2. The quantitative estimate of drug-likeness (QED) is 0.770. The molecule has 2 nitrogen and oxygen atoms in total. The molecule has 21 heavy (non-hydrogen) atoms. The molecule has 0 radical (unpaired) electrons. The maximum absolute atomic E-state index is 12.6. The van der Waals surface area contributed by atoms with Gasteiger partial charge in [-0.2, -0.15) is 0 Å². The molecule has 1 amide bonds. The number of carbonyl (C=O) groups excluding carboxylic acids is 1. The summed E-state index contributed by atoms with van der Waals surface area (Å²) in [5.41, 5.74) is 1.58. The van der Waals surface area contributed by atoms with Gasteiger partial charge in [-0.1, -0.05) is 35.2 Å². The Morgan fingerprint density at radius 3 is 2.90 bits per heavy atom. The summed E-state index contributed by atoms with van der Waals surface area (Å²) in [6.45, 7) is 0.840. The van der Waals surface area contributed by atoms with E-state index in [1.807, 2.05) is 11.3 Å². The van der Waals surface area contributed by atoms with Gasteiger partial charge >= 0.3 is 0 Å². The summed E-state index contributed by atoms with van der Waals surface area (Å²) in [6.07, 6.45) is 9.76. The molecule has 0 saturated heterocycles. The van der Waals surface area contributed by atoms with Crippen molar-refractivity contribution in [2.45, 2.75) is 57.3 Å². The molecule has 1 fully saturated rings. The zero-order valence-electron chi connectivity index (χ0n) is 12.5. The topological polar surface area (TPSA) is 29.1 Å². The van der Waals surface area contributed by atoms with Gasteiger partial charge in [0.15, 0.2) is 0 Å². The van der Waals surface area contributed by atoms with E-state index in [4.69, 9.17) is 0 Å². The predicted molar refractivity (Wildman–Crippen MR) is 92.3 cm³/mol. The molecule has 1 saturated carbocycles. The fraction of sp³-hybridized carbons (Fsp3) is 0.706. The van der Waals surface area contributed by atoms with Crippen molar-refractivity contribution in [1.82, 2.24) is 5.32 Å². The number of carbonyl (C=O) groups is 1. The highest BCUT2D eigenvalue weighted by Crippen LogP contribution is 2.38. The van der Waals surface area contributed by atoms with Gasteiger partial charge in [0.25, 0.3) is 0 Å². The normalized spacial score (nSPS) is 24.3. The van der Waals surface area contributed by atoms with Crippen LogP contribution in [-0.2, 0) is 11.2 Å². The molecule has 0 aliphatic heterocycles. The molecule has 1 atom stereocenters. The average molecular weight is 370 g/mol. The SMILES string of the molecule is O=C(NCC1(CBr)CCCCC1)C1CCCc2sccc21. The van der Waals surface area contributed by atoms with E-state index in [1.165, 1.54) is 42.5 Å². The largest absolute Gasteiger partial charge is 0.355 e. The lowest BCUT2D eigenvalue weighted by atomic mass is 9.75. The number of amides is 1. The van der Waals surface area contributed by atoms with Crippen LogP contribution in [0.3, 0.4) is 0 Å². The second kappa shape index (κ2) is 6.82. The van der Waals surface area contributed by atoms with Crippen molar-refractivity contribution >= 4 is 33.2 Å². The Morgan fingerprint density at radius 2 is 2.14 bits per heavy atom. The van der Waals surface area contributed by atoms with Gasteiger partial charge in [0.05, 0.1) is 5.92 Å². The first kappa shape index (κ1) is 15.5. The maximum Gasteiger partial charge on any atom is 0.227 e. The standard InChI is InChI=1S/C17H24BrNOS/c18-11-17(8-2-1-3-9-17)12-19-16(20)14-5-4-6-15-13(14)7-10-21-15/h7,10,14H,1-6,8-9,11-12H2,(H,19,20). The van der Waals surface area contributed by atoms with Gasteiger partial charge in [-0.15, -0.1) is 11.3 Å². The van der Waals surface area contributed by atoms with Crippen molar-refractivity contribution < 1.29 is 4.79 Å². The summed E-state index contributed by atoms with van der Waals surface area (Å²) < 4.78 is 0. The van der Waals surface area contributed by atoms with Gasteiger partial charge in [0.2, 0.25) is 5.91 Å². The molecule has 1 N–H and O–H groups in total. The molecule has 4 heteroatoms. The minimum atomic E-state index is 0.0935. The summed E-state index contributed by atoms with van der Waals surface area (Å²) in [5.74, 6) is 0.344. The van der Waals surface area contributed by atoms with Crippen molar-refractivity contribution in [2.24, 2.45) is 5.41 Å². The van der Waals surface area contributed by atoms with Crippen LogP contribution in [0, 0.1) is 5.41 Å². The summed E-state index contributed by atoms with van der Waals surface area (Å²) in [6, 6.07) is 2.16. The summed E-state index contributed by atoms with van der Waals surface area (Å²) in [4.78, 5) is 14.1. The van der Waals surface area contributed by atoms with Crippen LogP contribution in [0.5, 0.6) is 0 Å². The van der Waals surface area contributed by atoms with E-state index >= 15 is 0 Å². The van der Waals surface area contributed by atoms with E-state index in [9.17, 15) is 4.79 Å². The van der Waals surface area contributed by atoms with E-state index in [0.29, 0.717) is 5.41 Å². The van der Waals surface area contributed by atoms with Gasteiger partial charge < -0.3 is 5.32 Å². The third kappa shape index (κ3) is 3.37. The highest BCUT2D eigenvalue weighted by Gasteiger charge is 2.33. The molecule has 2 aliphatic carbocycles. The van der Waals surface area contributed by atoms with Gasteiger partial charge in [0.1, 0.15) is 0 Å². The molecule has 1 heterocycles. The smallest absolute Gasteiger partial charge is 0.227 e. The number of rotatable bonds is 4. The molecule has 1 aromatic heterocycles. The maximum atomic E-state index is 12.6. The van der Waals surface area contributed by atoms with Crippen molar-refractivity contribution in [3.63, 3.8) is 0 Å². The lowest BCUT2D eigenvalue weighted by molar-refractivity contribution is -0.123. The average Bonchev–Trinajstić information content (AvgIpc) is 3.02. The molecule has 3 rings (SSSR count). The Bertz CT molecular complexity index is 493. The fourth-order valence-electron chi connectivity index (χ4n) is 3.82.